The number of hydrogen-bond acceptors (Lipinski definition) is 5. The lowest BCUT2D eigenvalue weighted by Gasteiger charge is -2.31. The second kappa shape index (κ2) is 10.4. The van der Waals surface area contributed by atoms with Crippen LogP contribution in [0.25, 0.3) is 0 Å². The summed E-state index contributed by atoms with van der Waals surface area (Å²) in [4.78, 5) is 33.5. The van der Waals surface area contributed by atoms with Crippen molar-refractivity contribution in [3.05, 3.63) is 53.2 Å². The van der Waals surface area contributed by atoms with Gasteiger partial charge in [-0.15, -0.1) is 0 Å². The summed E-state index contributed by atoms with van der Waals surface area (Å²) in [6, 6.07) is 3.45. The first kappa shape index (κ1) is 25.8. The molecular formula is C24H26F5N5O2. The molecule has 0 saturated carbocycles. The van der Waals surface area contributed by atoms with E-state index in [4.69, 9.17) is 0 Å². The van der Waals surface area contributed by atoms with Gasteiger partial charge >= 0.3 is 6.18 Å². The van der Waals surface area contributed by atoms with E-state index in [2.05, 4.69) is 15.3 Å². The summed E-state index contributed by atoms with van der Waals surface area (Å²) < 4.78 is 67.7. The number of likely N-dealkylation sites (tertiary alicyclic amines) is 1. The van der Waals surface area contributed by atoms with Crippen molar-refractivity contribution in [2.24, 2.45) is 0 Å². The molecule has 1 atom stereocenters. The number of hydrazine groups is 1. The first-order chi connectivity index (χ1) is 17.0. The Morgan fingerprint density at radius 1 is 1.14 bits per heavy atom. The van der Waals surface area contributed by atoms with Gasteiger partial charge in [0.2, 0.25) is 5.91 Å². The van der Waals surface area contributed by atoms with Gasteiger partial charge in [0.1, 0.15) is 11.9 Å². The predicted octanol–water partition coefficient (Wildman–Crippen LogP) is 3.82. The maximum atomic E-state index is 14.0. The molecule has 3 heterocycles. The summed E-state index contributed by atoms with van der Waals surface area (Å²) in [6.07, 6.45) is -2.29. The molecule has 0 aliphatic carbocycles. The molecule has 12 heteroatoms. The van der Waals surface area contributed by atoms with Crippen molar-refractivity contribution >= 4 is 23.3 Å². The van der Waals surface area contributed by atoms with Crippen LogP contribution in [-0.4, -0.2) is 53.9 Å². The lowest BCUT2D eigenvalue weighted by atomic mass is 10.1. The van der Waals surface area contributed by atoms with E-state index in [1.807, 2.05) is 0 Å². The second-order valence-corrected chi connectivity index (χ2v) is 8.97. The van der Waals surface area contributed by atoms with Crippen LogP contribution in [0.3, 0.4) is 0 Å². The molecule has 4 rings (SSSR count). The first-order valence-corrected chi connectivity index (χ1v) is 11.7. The Kier molecular flexibility index (Phi) is 7.43. The smallest absolute Gasteiger partial charge is 0.310 e. The highest BCUT2D eigenvalue weighted by molar-refractivity contribution is 6.03. The molecule has 2 aliphatic rings. The molecule has 0 spiro atoms. The minimum atomic E-state index is -4.65. The van der Waals surface area contributed by atoms with Gasteiger partial charge in [-0.3, -0.25) is 20.0 Å². The molecule has 194 valence electrons. The third-order valence-corrected chi connectivity index (χ3v) is 6.27. The normalized spacial score (nSPS) is 18.6. The van der Waals surface area contributed by atoms with Gasteiger partial charge in [0.15, 0.2) is 11.6 Å². The standard InChI is InChI=1S/C24H26F5N5O2/c1-15-11-16(24(27,28)29)12-21(30-15)34-20(14-22(35)31-34)23(36)33(10-4-9-32-7-2-3-8-32)17-5-6-18(25)19(26)13-17/h5-6,11-13,20H,2-4,7-10,14H2,1H3,(H,31,35). The van der Waals surface area contributed by atoms with Crippen LogP contribution >= 0.6 is 0 Å². The fraction of sp³-hybridized carbons (Fsp3) is 0.458. The van der Waals surface area contributed by atoms with Crippen molar-refractivity contribution < 1.29 is 31.5 Å². The number of anilines is 2. The Morgan fingerprint density at radius 3 is 2.53 bits per heavy atom. The number of alkyl halides is 3. The Bertz CT molecular complexity index is 1140. The molecule has 0 radical (unpaired) electrons. The third-order valence-electron chi connectivity index (χ3n) is 6.27. The number of carbonyl (C=O) groups excluding carboxylic acids is 2. The molecule has 2 fully saturated rings. The van der Waals surface area contributed by atoms with E-state index in [9.17, 15) is 31.5 Å². The number of halogens is 5. The molecule has 1 unspecified atom stereocenters. The van der Waals surface area contributed by atoms with Crippen molar-refractivity contribution in [1.29, 1.82) is 0 Å². The van der Waals surface area contributed by atoms with Gasteiger partial charge in [0, 0.05) is 24.0 Å². The number of pyridine rings is 1. The Labute approximate surface area is 204 Å². The van der Waals surface area contributed by atoms with Gasteiger partial charge in [-0.2, -0.15) is 13.2 Å². The maximum Gasteiger partial charge on any atom is 0.416 e. The Balaban J connectivity index is 1.63. The zero-order chi connectivity index (χ0) is 26.0. The van der Waals surface area contributed by atoms with Crippen LogP contribution in [0.5, 0.6) is 0 Å². The summed E-state index contributed by atoms with van der Waals surface area (Å²) in [5, 5.41) is 1.01. The van der Waals surface area contributed by atoms with E-state index >= 15 is 0 Å². The quantitative estimate of drug-likeness (QED) is 0.573. The van der Waals surface area contributed by atoms with Crippen LogP contribution in [0.2, 0.25) is 0 Å². The van der Waals surface area contributed by atoms with Crippen molar-refractivity contribution in [3.63, 3.8) is 0 Å². The number of nitrogens with one attached hydrogen (secondary N) is 1. The van der Waals surface area contributed by atoms with Crippen molar-refractivity contribution in [2.75, 3.05) is 36.1 Å². The molecule has 7 nitrogen and oxygen atoms in total. The van der Waals surface area contributed by atoms with Gasteiger partial charge < -0.3 is 9.80 Å². The number of rotatable bonds is 7. The van der Waals surface area contributed by atoms with Crippen molar-refractivity contribution in [2.45, 2.75) is 44.8 Å². The van der Waals surface area contributed by atoms with E-state index in [1.54, 1.807) is 0 Å². The number of carbonyl (C=O) groups is 2. The molecule has 1 aromatic carbocycles. The van der Waals surface area contributed by atoms with Gasteiger partial charge in [0.25, 0.3) is 5.91 Å². The molecule has 2 saturated heterocycles. The molecule has 36 heavy (non-hydrogen) atoms. The second-order valence-electron chi connectivity index (χ2n) is 8.97. The van der Waals surface area contributed by atoms with E-state index in [1.165, 1.54) is 17.9 Å². The summed E-state index contributed by atoms with van der Waals surface area (Å²) in [5.74, 6) is -3.68. The van der Waals surface area contributed by atoms with Gasteiger partial charge in [-0.05, 0) is 70.1 Å². The molecule has 2 aliphatic heterocycles. The van der Waals surface area contributed by atoms with Crippen LogP contribution in [-0.2, 0) is 15.8 Å². The minimum absolute atomic E-state index is 0.0512. The first-order valence-electron chi connectivity index (χ1n) is 11.7. The molecule has 1 aromatic heterocycles. The topological polar surface area (TPSA) is 68.8 Å². The summed E-state index contributed by atoms with van der Waals surface area (Å²) in [7, 11) is 0. The summed E-state index contributed by atoms with van der Waals surface area (Å²) >= 11 is 0. The number of amides is 2. The van der Waals surface area contributed by atoms with E-state index in [0.717, 1.165) is 55.2 Å². The maximum absolute atomic E-state index is 14.0. The third kappa shape index (κ3) is 5.75. The van der Waals surface area contributed by atoms with Gasteiger partial charge in [-0.25, -0.2) is 13.8 Å². The Morgan fingerprint density at radius 2 is 1.86 bits per heavy atom. The van der Waals surface area contributed by atoms with Crippen molar-refractivity contribution in [1.82, 2.24) is 15.3 Å². The highest BCUT2D eigenvalue weighted by atomic mass is 19.4. The highest BCUT2D eigenvalue weighted by Crippen LogP contribution is 2.33. The number of hydrogen-bond donors (Lipinski definition) is 1. The molecule has 0 bridgehead atoms. The molecule has 1 N–H and O–H groups in total. The highest BCUT2D eigenvalue weighted by Gasteiger charge is 2.41. The number of aryl methyl sites for hydroxylation is 1. The zero-order valence-corrected chi connectivity index (χ0v) is 19.6. The van der Waals surface area contributed by atoms with Crippen LogP contribution < -0.4 is 15.3 Å². The molecule has 2 aromatic rings. The Hall–Kier alpha value is -3.28. The van der Waals surface area contributed by atoms with Crippen LogP contribution in [0.4, 0.5) is 33.5 Å². The average molecular weight is 511 g/mol. The zero-order valence-electron chi connectivity index (χ0n) is 19.6. The molecule has 2 amide bonds. The lowest BCUT2D eigenvalue weighted by Crippen LogP contribution is -2.50. The monoisotopic (exact) mass is 511 g/mol. The van der Waals surface area contributed by atoms with E-state index < -0.39 is 41.2 Å². The number of benzene rings is 1. The number of aromatic nitrogens is 1. The minimum Gasteiger partial charge on any atom is -0.310 e. The summed E-state index contributed by atoms with van der Waals surface area (Å²) in [6.45, 7) is 4.09. The molecular weight excluding hydrogens is 485 g/mol. The fourth-order valence-corrected chi connectivity index (χ4v) is 4.54. The van der Waals surface area contributed by atoms with Crippen LogP contribution in [0, 0.1) is 18.6 Å². The lowest BCUT2D eigenvalue weighted by molar-refractivity contribution is -0.137. The SMILES string of the molecule is Cc1cc(C(F)(F)F)cc(N2NC(=O)CC2C(=O)N(CCCN2CCCC2)c2ccc(F)c(F)c2)n1. The van der Waals surface area contributed by atoms with E-state index in [-0.39, 0.29) is 30.2 Å². The van der Waals surface area contributed by atoms with Crippen LogP contribution in [0.15, 0.2) is 30.3 Å². The predicted molar refractivity (Wildman–Crippen MR) is 122 cm³/mol. The average Bonchev–Trinajstić information content (AvgIpc) is 3.47. The van der Waals surface area contributed by atoms with Gasteiger partial charge in [0.05, 0.1) is 12.0 Å². The summed E-state index contributed by atoms with van der Waals surface area (Å²) in [5.41, 5.74) is 1.58. The van der Waals surface area contributed by atoms with E-state index in [0.29, 0.717) is 13.0 Å². The van der Waals surface area contributed by atoms with Crippen molar-refractivity contribution in [3.8, 4) is 0 Å². The van der Waals surface area contributed by atoms with Crippen LogP contribution in [0.1, 0.15) is 36.9 Å². The number of nitrogens with zero attached hydrogens (tertiary/aromatic N) is 4. The fourth-order valence-electron chi connectivity index (χ4n) is 4.54. The van der Waals surface area contributed by atoms with Gasteiger partial charge in [-0.1, -0.05) is 0 Å². The largest absolute Gasteiger partial charge is 0.416 e.